The first-order chi connectivity index (χ1) is 4.48. The van der Waals surface area contributed by atoms with Crippen LogP contribution in [0.5, 0.6) is 0 Å². The lowest BCUT2D eigenvalue weighted by molar-refractivity contribution is -0.110. The lowest BCUT2D eigenvalue weighted by Gasteiger charge is -2.06. The summed E-state index contributed by atoms with van der Waals surface area (Å²) in [5.74, 6) is 0.479. The first-order valence-corrected chi connectivity index (χ1v) is 4.54. The molecule has 0 aliphatic rings. The van der Waals surface area contributed by atoms with Gasteiger partial charge in [-0.1, -0.05) is 46.6 Å². The summed E-state index contributed by atoms with van der Waals surface area (Å²) >= 11 is 16.6. The SMILES string of the molecule is NCCSC(=O)C(Cl)(Cl)Cl. The number of thioether (sulfide) groups is 1. The van der Waals surface area contributed by atoms with E-state index in [4.69, 9.17) is 40.5 Å². The molecule has 0 saturated carbocycles. The summed E-state index contributed by atoms with van der Waals surface area (Å²) in [5, 5.41) is -0.483. The quantitative estimate of drug-likeness (QED) is 0.722. The number of halogens is 3. The first-order valence-electron chi connectivity index (χ1n) is 2.42. The molecule has 0 heterocycles. The fourth-order valence-corrected chi connectivity index (χ4v) is 1.19. The molecule has 2 nitrogen and oxygen atoms in total. The standard InChI is InChI=1S/C4H6Cl3NOS/c5-4(6,7)3(9)10-2-1-8/h1-2,8H2. The van der Waals surface area contributed by atoms with E-state index in [9.17, 15) is 4.79 Å². The van der Waals surface area contributed by atoms with Crippen LogP contribution in [0.4, 0.5) is 0 Å². The molecule has 0 unspecified atom stereocenters. The summed E-state index contributed by atoms with van der Waals surface area (Å²) in [4.78, 5) is 10.7. The Morgan fingerprint density at radius 3 is 2.30 bits per heavy atom. The van der Waals surface area contributed by atoms with Crippen molar-refractivity contribution in [2.75, 3.05) is 12.3 Å². The smallest absolute Gasteiger partial charge is 0.259 e. The van der Waals surface area contributed by atoms with Crippen molar-refractivity contribution in [2.24, 2.45) is 5.73 Å². The van der Waals surface area contributed by atoms with Gasteiger partial charge in [-0.15, -0.1) is 0 Å². The summed E-state index contributed by atoms with van der Waals surface area (Å²) in [6, 6.07) is 0. The lowest BCUT2D eigenvalue weighted by atomic mass is 10.8. The van der Waals surface area contributed by atoms with Crippen molar-refractivity contribution in [3.8, 4) is 0 Å². The molecule has 0 radical (unpaired) electrons. The molecule has 0 aromatic carbocycles. The molecule has 0 spiro atoms. The maximum Gasteiger partial charge on any atom is 0.259 e. The summed E-state index contributed by atoms with van der Waals surface area (Å²) < 4.78 is -1.81. The zero-order valence-electron chi connectivity index (χ0n) is 4.94. The van der Waals surface area contributed by atoms with E-state index < -0.39 is 8.91 Å². The molecule has 0 saturated heterocycles. The number of carbonyl (C=O) groups is 1. The highest BCUT2D eigenvalue weighted by Gasteiger charge is 2.30. The van der Waals surface area contributed by atoms with Crippen LogP contribution < -0.4 is 5.73 Å². The van der Waals surface area contributed by atoms with Crippen LogP contribution in [0.15, 0.2) is 0 Å². The first kappa shape index (κ1) is 10.8. The van der Waals surface area contributed by atoms with Gasteiger partial charge >= 0.3 is 0 Å². The molecular formula is C4H6Cl3NOS. The van der Waals surface area contributed by atoms with Gasteiger partial charge in [0.1, 0.15) is 0 Å². The molecule has 0 aromatic heterocycles. The van der Waals surface area contributed by atoms with Crippen molar-refractivity contribution in [3.63, 3.8) is 0 Å². The van der Waals surface area contributed by atoms with Crippen molar-refractivity contribution in [2.45, 2.75) is 3.79 Å². The van der Waals surface area contributed by atoms with Crippen LogP contribution in [-0.4, -0.2) is 21.2 Å². The lowest BCUT2D eigenvalue weighted by Crippen LogP contribution is -2.16. The Morgan fingerprint density at radius 1 is 1.50 bits per heavy atom. The van der Waals surface area contributed by atoms with Crippen LogP contribution in [0.2, 0.25) is 0 Å². The Kier molecular flexibility index (Phi) is 5.07. The maximum absolute atomic E-state index is 10.7. The van der Waals surface area contributed by atoms with Gasteiger partial charge in [0, 0.05) is 12.3 Å². The molecule has 0 aliphatic heterocycles. The van der Waals surface area contributed by atoms with E-state index in [0.29, 0.717) is 12.3 Å². The number of hydrogen-bond donors (Lipinski definition) is 1. The number of hydrogen-bond acceptors (Lipinski definition) is 3. The fourth-order valence-electron chi connectivity index (χ4n) is 0.233. The van der Waals surface area contributed by atoms with E-state index >= 15 is 0 Å². The van der Waals surface area contributed by atoms with E-state index in [1.807, 2.05) is 0 Å². The van der Waals surface area contributed by atoms with Crippen molar-refractivity contribution < 1.29 is 4.79 Å². The number of alkyl halides is 3. The molecule has 0 rings (SSSR count). The van der Waals surface area contributed by atoms with Crippen molar-refractivity contribution >= 4 is 51.7 Å². The highest BCUT2D eigenvalue weighted by molar-refractivity contribution is 8.14. The Hall–Kier alpha value is 0.850. The van der Waals surface area contributed by atoms with Gasteiger partial charge in [-0.2, -0.15) is 0 Å². The van der Waals surface area contributed by atoms with Gasteiger partial charge in [-0.3, -0.25) is 4.79 Å². The van der Waals surface area contributed by atoms with Gasteiger partial charge in [0.15, 0.2) is 0 Å². The highest BCUT2D eigenvalue weighted by atomic mass is 35.6. The zero-order valence-corrected chi connectivity index (χ0v) is 8.03. The van der Waals surface area contributed by atoms with E-state index in [0.717, 1.165) is 11.8 Å². The second kappa shape index (κ2) is 4.67. The van der Waals surface area contributed by atoms with Crippen LogP contribution in [0.3, 0.4) is 0 Å². The predicted molar refractivity (Wildman–Crippen MR) is 46.8 cm³/mol. The van der Waals surface area contributed by atoms with Gasteiger partial charge in [0.25, 0.3) is 3.79 Å². The fraction of sp³-hybridized carbons (Fsp3) is 0.750. The second-order valence-electron chi connectivity index (χ2n) is 1.42. The van der Waals surface area contributed by atoms with E-state index in [1.165, 1.54) is 0 Å². The molecule has 60 valence electrons. The van der Waals surface area contributed by atoms with Gasteiger partial charge in [0.2, 0.25) is 5.12 Å². The van der Waals surface area contributed by atoms with Crippen molar-refractivity contribution in [3.05, 3.63) is 0 Å². The number of carbonyl (C=O) groups excluding carboxylic acids is 1. The third kappa shape index (κ3) is 4.63. The van der Waals surface area contributed by atoms with Gasteiger partial charge in [-0.25, -0.2) is 0 Å². The topological polar surface area (TPSA) is 43.1 Å². The van der Waals surface area contributed by atoms with Crippen LogP contribution in [0.1, 0.15) is 0 Å². The van der Waals surface area contributed by atoms with Crippen LogP contribution in [0.25, 0.3) is 0 Å². The molecular weight excluding hydrogens is 216 g/mol. The second-order valence-corrected chi connectivity index (χ2v) is 4.77. The Bertz CT molecular complexity index is 124. The van der Waals surface area contributed by atoms with Gasteiger partial charge in [0.05, 0.1) is 0 Å². The third-order valence-corrected chi connectivity index (χ3v) is 2.44. The molecule has 0 aromatic rings. The molecule has 0 bridgehead atoms. The van der Waals surface area contributed by atoms with Gasteiger partial charge < -0.3 is 5.73 Å². The zero-order chi connectivity index (χ0) is 8.20. The van der Waals surface area contributed by atoms with E-state index in [-0.39, 0.29) is 0 Å². The molecule has 0 fully saturated rings. The monoisotopic (exact) mass is 221 g/mol. The molecule has 0 aliphatic carbocycles. The molecule has 0 atom stereocenters. The minimum absolute atomic E-state index is 0.400. The molecule has 0 amide bonds. The Labute approximate surface area is 78.4 Å². The highest BCUT2D eigenvalue weighted by Crippen LogP contribution is 2.31. The minimum Gasteiger partial charge on any atom is -0.330 e. The van der Waals surface area contributed by atoms with Crippen LogP contribution >= 0.6 is 46.6 Å². The minimum atomic E-state index is -1.81. The third-order valence-electron chi connectivity index (χ3n) is 0.582. The largest absolute Gasteiger partial charge is 0.330 e. The summed E-state index contributed by atoms with van der Waals surface area (Å²) in [5.41, 5.74) is 5.12. The molecule has 6 heteroatoms. The van der Waals surface area contributed by atoms with E-state index in [1.54, 1.807) is 0 Å². The molecule has 2 N–H and O–H groups in total. The van der Waals surface area contributed by atoms with E-state index in [2.05, 4.69) is 0 Å². The summed E-state index contributed by atoms with van der Waals surface area (Å²) in [6.07, 6.45) is 0. The number of nitrogens with two attached hydrogens (primary N) is 1. The summed E-state index contributed by atoms with van der Waals surface area (Å²) in [7, 11) is 0. The summed E-state index contributed by atoms with van der Waals surface area (Å²) in [6.45, 7) is 0.400. The number of rotatable bonds is 2. The maximum atomic E-state index is 10.7. The Balaban J connectivity index is 3.64. The van der Waals surface area contributed by atoms with Crippen molar-refractivity contribution in [1.82, 2.24) is 0 Å². The Morgan fingerprint density at radius 2 is 2.00 bits per heavy atom. The molecule has 10 heavy (non-hydrogen) atoms. The normalized spacial score (nSPS) is 11.6. The van der Waals surface area contributed by atoms with Crippen molar-refractivity contribution in [1.29, 1.82) is 0 Å². The predicted octanol–water partition coefficient (Wildman–Crippen LogP) is 1.58. The average Bonchev–Trinajstić information content (AvgIpc) is 1.80. The van der Waals surface area contributed by atoms with Gasteiger partial charge in [-0.05, 0) is 0 Å². The van der Waals surface area contributed by atoms with Crippen LogP contribution in [-0.2, 0) is 4.79 Å². The van der Waals surface area contributed by atoms with Crippen LogP contribution in [0, 0.1) is 0 Å². The average molecular weight is 223 g/mol.